The third-order valence-corrected chi connectivity index (χ3v) is 3.35. The number of benzene rings is 2. The molecule has 0 bridgehead atoms. The van der Waals surface area contributed by atoms with Gasteiger partial charge >= 0.3 is 0 Å². The van der Waals surface area contributed by atoms with Crippen LogP contribution in [0.2, 0.25) is 0 Å². The zero-order valence-corrected chi connectivity index (χ0v) is 12.8. The van der Waals surface area contributed by atoms with Gasteiger partial charge in [-0.3, -0.25) is 9.78 Å². The van der Waals surface area contributed by atoms with Gasteiger partial charge in [0.2, 0.25) is 0 Å². The number of hydrogen-bond acceptors (Lipinski definition) is 3. The minimum Gasteiger partial charge on any atom is -0.353 e. The van der Waals surface area contributed by atoms with Gasteiger partial charge in [0, 0.05) is 11.9 Å². The minimum absolute atomic E-state index is 0.0796. The molecule has 25 heavy (non-hydrogen) atoms. The average Bonchev–Trinajstić information content (AvgIpc) is 2.60. The molecular weight excluding hydrogens is 331 g/mol. The van der Waals surface area contributed by atoms with Crippen LogP contribution in [0.5, 0.6) is 0 Å². The summed E-state index contributed by atoms with van der Waals surface area (Å²) in [5.74, 6) is -3.04. The molecule has 0 aliphatic rings. The Morgan fingerprint density at radius 1 is 0.880 bits per heavy atom. The van der Waals surface area contributed by atoms with Crippen molar-refractivity contribution in [2.75, 3.05) is 10.6 Å². The van der Waals surface area contributed by atoms with Crippen molar-refractivity contribution in [1.82, 2.24) is 4.98 Å². The van der Waals surface area contributed by atoms with Gasteiger partial charge in [-0.1, -0.05) is 18.2 Å². The highest BCUT2D eigenvalue weighted by molar-refractivity contribution is 6.03. The van der Waals surface area contributed by atoms with E-state index in [1.54, 1.807) is 12.1 Å². The molecule has 4 nitrogen and oxygen atoms in total. The number of para-hydroxylation sites is 2. The van der Waals surface area contributed by atoms with Gasteiger partial charge in [-0.05, 0) is 36.4 Å². The standard InChI is InChI=1S/C18H12F3N3O/c19-12-4-1-2-7-15(12)23-11-8-9-22-16(10-11)18(25)24-17-13(20)5-3-6-14(17)21/h1-10H,(H,22,23)(H,24,25). The van der Waals surface area contributed by atoms with Gasteiger partial charge in [0.1, 0.15) is 28.8 Å². The first-order valence-corrected chi connectivity index (χ1v) is 7.27. The van der Waals surface area contributed by atoms with Crippen LogP contribution >= 0.6 is 0 Å². The molecule has 0 saturated carbocycles. The Morgan fingerprint density at radius 2 is 1.56 bits per heavy atom. The number of aromatic nitrogens is 1. The number of rotatable bonds is 4. The monoisotopic (exact) mass is 343 g/mol. The molecule has 0 aliphatic carbocycles. The Labute approximate surface area is 141 Å². The van der Waals surface area contributed by atoms with Crippen molar-refractivity contribution in [2.45, 2.75) is 0 Å². The molecule has 2 N–H and O–H groups in total. The smallest absolute Gasteiger partial charge is 0.274 e. The fourth-order valence-corrected chi connectivity index (χ4v) is 2.15. The summed E-state index contributed by atoms with van der Waals surface area (Å²) >= 11 is 0. The van der Waals surface area contributed by atoms with E-state index < -0.39 is 29.0 Å². The quantitative estimate of drug-likeness (QED) is 0.734. The maximum atomic E-state index is 13.7. The maximum absolute atomic E-state index is 13.7. The van der Waals surface area contributed by atoms with Gasteiger partial charge in [0.25, 0.3) is 5.91 Å². The molecule has 0 fully saturated rings. The lowest BCUT2D eigenvalue weighted by molar-refractivity contribution is 0.102. The van der Waals surface area contributed by atoms with Crippen LogP contribution in [0.3, 0.4) is 0 Å². The first kappa shape index (κ1) is 16.5. The molecule has 1 amide bonds. The lowest BCUT2D eigenvalue weighted by atomic mass is 10.2. The van der Waals surface area contributed by atoms with E-state index in [2.05, 4.69) is 15.6 Å². The number of anilines is 3. The van der Waals surface area contributed by atoms with Crippen LogP contribution in [0.25, 0.3) is 0 Å². The van der Waals surface area contributed by atoms with E-state index in [9.17, 15) is 18.0 Å². The molecule has 0 aliphatic heterocycles. The largest absolute Gasteiger partial charge is 0.353 e. The van der Waals surface area contributed by atoms with E-state index >= 15 is 0 Å². The lowest BCUT2D eigenvalue weighted by Crippen LogP contribution is -2.16. The summed E-state index contributed by atoms with van der Waals surface area (Å²) < 4.78 is 40.9. The number of pyridine rings is 1. The topological polar surface area (TPSA) is 54.0 Å². The Kier molecular flexibility index (Phi) is 4.65. The zero-order valence-electron chi connectivity index (χ0n) is 12.8. The van der Waals surface area contributed by atoms with E-state index in [0.717, 1.165) is 12.1 Å². The highest BCUT2D eigenvalue weighted by Gasteiger charge is 2.15. The third kappa shape index (κ3) is 3.77. The number of amides is 1. The van der Waals surface area contributed by atoms with Gasteiger partial charge in [0.05, 0.1) is 5.69 Å². The Hall–Kier alpha value is -3.35. The Bertz CT molecular complexity index is 911. The Morgan fingerprint density at radius 3 is 2.28 bits per heavy atom. The number of carbonyl (C=O) groups is 1. The third-order valence-electron chi connectivity index (χ3n) is 3.35. The van der Waals surface area contributed by atoms with E-state index in [1.165, 1.54) is 36.5 Å². The SMILES string of the molecule is O=C(Nc1c(F)cccc1F)c1cc(Nc2ccccc2F)ccn1. The van der Waals surface area contributed by atoms with Gasteiger partial charge in [-0.2, -0.15) is 0 Å². The summed E-state index contributed by atoms with van der Waals surface area (Å²) in [4.78, 5) is 16.0. The number of halogens is 3. The predicted octanol–water partition coefficient (Wildman–Crippen LogP) is 4.49. The van der Waals surface area contributed by atoms with E-state index in [4.69, 9.17) is 0 Å². The Balaban J connectivity index is 1.81. The van der Waals surface area contributed by atoms with Crippen LogP contribution < -0.4 is 10.6 Å². The number of carbonyl (C=O) groups excluding carboxylic acids is 1. The van der Waals surface area contributed by atoms with Crippen LogP contribution in [0, 0.1) is 17.5 Å². The van der Waals surface area contributed by atoms with Crippen molar-refractivity contribution in [2.24, 2.45) is 0 Å². The molecule has 2 aromatic carbocycles. The maximum Gasteiger partial charge on any atom is 0.274 e. The summed E-state index contributed by atoms with van der Waals surface area (Å²) in [5.41, 5.74) is -0.00906. The molecule has 0 spiro atoms. The molecule has 126 valence electrons. The second kappa shape index (κ2) is 7.04. The van der Waals surface area contributed by atoms with E-state index in [1.807, 2.05) is 0 Å². The van der Waals surface area contributed by atoms with Crippen LogP contribution in [0.15, 0.2) is 60.8 Å². The van der Waals surface area contributed by atoms with E-state index in [-0.39, 0.29) is 11.4 Å². The van der Waals surface area contributed by atoms with Crippen molar-refractivity contribution in [3.8, 4) is 0 Å². The molecule has 7 heteroatoms. The lowest BCUT2D eigenvalue weighted by Gasteiger charge is -2.10. The van der Waals surface area contributed by atoms with Gasteiger partial charge in [0.15, 0.2) is 0 Å². The van der Waals surface area contributed by atoms with Crippen molar-refractivity contribution in [3.05, 3.63) is 83.9 Å². The average molecular weight is 343 g/mol. The molecule has 0 radical (unpaired) electrons. The van der Waals surface area contributed by atoms with Crippen molar-refractivity contribution in [3.63, 3.8) is 0 Å². The molecular formula is C18H12F3N3O. The molecule has 0 saturated heterocycles. The first-order valence-electron chi connectivity index (χ1n) is 7.27. The molecule has 1 aromatic heterocycles. The molecule has 0 atom stereocenters. The van der Waals surface area contributed by atoms with Crippen molar-refractivity contribution in [1.29, 1.82) is 0 Å². The van der Waals surface area contributed by atoms with Crippen LogP contribution in [0.4, 0.5) is 30.2 Å². The summed E-state index contributed by atoms with van der Waals surface area (Å²) in [5, 5.41) is 4.95. The fraction of sp³-hybridized carbons (Fsp3) is 0. The normalized spacial score (nSPS) is 10.4. The van der Waals surface area contributed by atoms with Crippen LogP contribution in [-0.4, -0.2) is 10.9 Å². The van der Waals surface area contributed by atoms with Gasteiger partial charge in [-0.15, -0.1) is 0 Å². The number of nitrogens with zero attached hydrogens (tertiary/aromatic N) is 1. The van der Waals surface area contributed by atoms with Crippen LogP contribution in [0.1, 0.15) is 10.5 Å². The van der Waals surface area contributed by atoms with E-state index in [0.29, 0.717) is 5.69 Å². The van der Waals surface area contributed by atoms with Gasteiger partial charge < -0.3 is 10.6 Å². The van der Waals surface area contributed by atoms with Crippen molar-refractivity contribution < 1.29 is 18.0 Å². The van der Waals surface area contributed by atoms with Crippen molar-refractivity contribution >= 4 is 23.0 Å². The second-order valence-electron chi connectivity index (χ2n) is 5.09. The highest BCUT2D eigenvalue weighted by atomic mass is 19.1. The summed E-state index contributed by atoms with van der Waals surface area (Å²) in [6, 6.07) is 12.2. The summed E-state index contributed by atoms with van der Waals surface area (Å²) in [7, 11) is 0. The second-order valence-corrected chi connectivity index (χ2v) is 5.09. The molecule has 3 aromatic rings. The van der Waals surface area contributed by atoms with Gasteiger partial charge in [-0.25, -0.2) is 13.2 Å². The predicted molar refractivity (Wildman–Crippen MR) is 88.2 cm³/mol. The number of hydrogen-bond donors (Lipinski definition) is 2. The fourth-order valence-electron chi connectivity index (χ4n) is 2.15. The molecule has 0 unspecified atom stereocenters. The number of nitrogens with one attached hydrogen (secondary N) is 2. The first-order chi connectivity index (χ1) is 12.0. The highest BCUT2D eigenvalue weighted by Crippen LogP contribution is 2.21. The minimum atomic E-state index is -0.894. The molecule has 1 heterocycles. The summed E-state index contributed by atoms with van der Waals surface area (Å²) in [6.07, 6.45) is 1.33. The molecule has 3 rings (SSSR count). The van der Waals surface area contributed by atoms with Crippen LogP contribution in [-0.2, 0) is 0 Å². The zero-order chi connectivity index (χ0) is 17.8. The summed E-state index contributed by atoms with van der Waals surface area (Å²) in [6.45, 7) is 0.